The van der Waals surface area contributed by atoms with E-state index in [1.807, 2.05) is 0 Å². The van der Waals surface area contributed by atoms with Crippen LogP contribution in [-0.2, 0) is 0 Å². The lowest BCUT2D eigenvalue weighted by Gasteiger charge is -2.07. The third kappa shape index (κ3) is 2.38. The molecule has 1 rings (SSSR count). The second-order valence-corrected chi connectivity index (χ2v) is 2.31. The molecule has 14 heavy (non-hydrogen) atoms. The van der Waals surface area contributed by atoms with Crippen molar-refractivity contribution < 1.29 is 17.9 Å². The van der Waals surface area contributed by atoms with E-state index in [2.05, 4.69) is 9.84 Å². The van der Waals surface area contributed by atoms with Gasteiger partial charge in [-0.3, -0.25) is 0 Å². The number of alkyl halides is 2. The maximum absolute atomic E-state index is 13.0. The number of ether oxygens (including phenoxy) is 1. The molecule has 0 aliphatic rings. The Morgan fingerprint density at radius 2 is 2.14 bits per heavy atom. The maximum Gasteiger partial charge on any atom is 0.387 e. The maximum atomic E-state index is 13.0. The van der Waals surface area contributed by atoms with E-state index in [0.717, 1.165) is 12.3 Å². The van der Waals surface area contributed by atoms with Crippen molar-refractivity contribution >= 4 is 6.21 Å². The van der Waals surface area contributed by atoms with Crippen molar-refractivity contribution in [3.8, 4) is 5.75 Å². The van der Waals surface area contributed by atoms with Gasteiger partial charge in [-0.05, 0) is 12.1 Å². The van der Waals surface area contributed by atoms with Crippen LogP contribution in [0.3, 0.4) is 0 Å². The summed E-state index contributed by atoms with van der Waals surface area (Å²) < 4.78 is 40.7. The van der Waals surface area contributed by atoms with Gasteiger partial charge in [-0.1, -0.05) is 6.07 Å². The lowest BCUT2D eigenvalue weighted by Crippen LogP contribution is -2.06. The van der Waals surface area contributed by atoms with E-state index < -0.39 is 18.2 Å². The second-order valence-electron chi connectivity index (χ2n) is 2.31. The van der Waals surface area contributed by atoms with E-state index in [1.165, 1.54) is 12.1 Å². The Morgan fingerprint density at radius 3 is 2.71 bits per heavy atom. The van der Waals surface area contributed by atoms with Crippen molar-refractivity contribution in [2.24, 2.45) is 10.9 Å². The first-order valence-electron chi connectivity index (χ1n) is 3.61. The summed E-state index contributed by atoms with van der Waals surface area (Å²) in [6.45, 7) is -3.09. The number of rotatable bonds is 3. The smallest absolute Gasteiger partial charge is 0.387 e. The normalized spacial score (nSPS) is 11.1. The zero-order chi connectivity index (χ0) is 10.6. The van der Waals surface area contributed by atoms with E-state index in [0.29, 0.717) is 0 Å². The molecule has 0 amide bonds. The van der Waals surface area contributed by atoms with Crippen LogP contribution in [0.1, 0.15) is 5.56 Å². The fourth-order valence-electron chi connectivity index (χ4n) is 0.921. The molecular formula is C8H7F3N2O. The zero-order valence-corrected chi connectivity index (χ0v) is 6.95. The second kappa shape index (κ2) is 4.50. The molecule has 0 saturated carbocycles. The summed E-state index contributed by atoms with van der Waals surface area (Å²) >= 11 is 0. The highest BCUT2D eigenvalue weighted by molar-refractivity contribution is 5.83. The molecule has 2 N–H and O–H groups in total. The molecule has 0 saturated heterocycles. The van der Waals surface area contributed by atoms with Crippen LogP contribution >= 0.6 is 0 Å². The van der Waals surface area contributed by atoms with Crippen LogP contribution in [0, 0.1) is 5.82 Å². The average Bonchev–Trinajstić information content (AvgIpc) is 2.11. The fourth-order valence-corrected chi connectivity index (χ4v) is 0.921. The quantitative estimate of drug-likeness (QED) is 0.463. The van der Waals surface area contributed by atoms with Gasteiger partial charge in [-0.15, -0.1) is 0 Å². The van der Waals surface area contributed by atoms with Crippen molar-refractivity contribution in [1.82, 2.24) is 0 Å². The fraction of sp³-hybridized carbons (Fsp3) is 0.125. The largest absolute Gasteiger partial charge is 0.431 e. The molecule has 0 aromatic heterocycles. The Hall–Kier alpha value is -1.72. The minimum atomic E-state index is -3.09. The molecule has 0 radical (unpaired) electrons. The first kappa shape index (κ1) is 10.4. The van der Waals surface area contributed by atoms with Crippen LogP contribution in [0.15, 0.2) is 23.3 Å². The van der Waals surface area contributed by atoms with Gasteiger partial charge in [0.15, 0.2) is 11.6 Å². The number of hydrogen-bond acceptors (Lipinski definition) is 3. The van der Waals surface area contributed by atoms with Gasteiger partial charge in [0.2, 0.25) is 0 Å². The van der Waals surface area contributed by atoms with Crippen molar-refractivity contribution in [3.05, 3.63) is 29.6 Å². The summed E-state index contributed by atoms with van der Waals surface area (Å²) in [6.07, 6.45) is 1.03. The van der Waals surface area contributed by atoms with Gasteiger partial charge < -0.3 is 10.6 Å². The zero-order valence-electron chi connectivity index (χ0n) is 6.95. The Balaban J connectivity index is 3.08. The minimum Gasteiger partial charge on any atom is -0.431 e. The van der Waals surface area contributed by atoms with Gasteiger partial charge in [0.05, 0.1) is 6.21 Å². The summed E-state index contributed by atoms with van der Waals surface area (Å²) in [4.78, 5) is 0. The van der Waals surface area contributed by atoms with Crippen LogP contribution in [0.5, 0.6) is 5.75 Å². The highest BCUT2D eigenvalue weighted by atomic mass is 19.3. The third-order valence-electron chi connectivity index (χ3n) is 1.42. The molecule has 1 aromatic carbocycles. The first-order chi connectivity index (χ1) is 6.65. The molecule has 6 heteroatoms. The SMILES string of the molecule is NN=Cc1cccc(F)c1OC(F)F. The summed E-state index contributed by atoms with van der Waals surface area (Å²) in [6, 6.07) is 3.70. The summed E-state index contributed by atoms with van der Waals surface area (Å²) in [5.74, 6) is 3.37. The van der Waals surface area contributed by atoms with Crippen molar-refractivity contribution in [1.29, 1.82) is 0 Å². The molecule has 76 valence electrons. The predicted molar refractivity (Wildman–Crippen MR) is 44.8 cm³/mol. The monoisotopic (exact) mass is 204 g/mol. The Labute approximate surface area is 78.0 Å². The van der Waals surface area contributed by atoms with E-state index >= 15 is 0 Å². The molecule has 1 aromatic rings. The molecule has 0 spiro atoms. The van der Waals surface area contributed by atoms with E-state index in [1.54, 1.807) is 0 Å². The van der Waals surface area contributed by atoms with Crippen LogP contribution in [0.2, 0.25) is 0 Å². The number of para-hydroxylation sites is 1. The van der Waals surface area contributed by atoms with Crippen LogP contribution in [0.4, 0.5) is 13.2 Å². The topological polar surface area (TPSA) is 47.6 Å². The molecule has 0 fully saturated rings. The third-order valence-corrected chi connectivity index (χ3v) is 1.42. The van der Waals surface area contributed by atoms with Crippen molar-refractivity contribution in [2.75, 3.05) is 0 Å². The predicted octanol–water partition coefficient (Wildman–Crippen LogP) is 1.72. The van der Waals surface area contributed by atoms with Crippen LogP contribution in [0.25, 0.3) is 0 Å². The van der Waals surface area contributed by atoms with E-state index in [-0.39, 0.29) is 5.56 Å². The Bertz CT molecular complexity index is 341. The summed E-state index contributed by atoms with van der Waals surface area (Å²) in [7, 11) is 0. The molecule has 0 bridgehead atoms. The highest BCUT2D eigenvalue weighted by Crippen LogP contribution is 2.22. The number of halogens is 3. The van der Waals surface area contributed by atoms with Crippen LogP contribution < -0.4 is 10.6 Å². The number of nitrogens with zero attached hydrogens (tertiary/aromatic N) is 1. The number of hydrazone groups is 1. The van der Waals surface area contributed by atoms with Gasteiger partial charge in [0.1, 0.15) is 0 Å². The molecule has 0 aliphatic heterocycles. The van der Waals surface area contributed by atoms with Gasteiger partial charge in [0, 0.05) is 5.56 Å². The van der Waals surface area contributed by atoms with Gasteiger partial charge >= 0.3 is 6.61 Å². The lowest BCUT2D eigenvalue weighted by atomic mass is 10.2. The van der Waals surface area contributed by atoms with Gasteiger partial charge in [-0.25, -0.2) is 4.39 Å². The summed E-state index contributed by atoms with van der Waals surface area (Å²) in [5, 5.41) is 3.10. The lowest BCUT2D eigenvalue weighted by molar-refractivity contribution is -0.0522. The van der Waals surface area contributed by atoms with E-state index in [4.69, 9.17) is 5.84 Å². The first-order valence-corrected chi connectivity index (χ1v) is 3.61. The Kier molecular flexibility index (Phi) is 3.33. The molecule has 0 atom stereocenters. The average molecular weight is 204 g/mol. The number of benzene rings is 1. The molecule has 0 heterocycles. The molecule has 0 unspecified atom stereocenters. The molecular weight excluding hydrogens is 197 g/mol. The summed E-state index contributed by atoms with van der Waals surface area (Å²) in [5.41, 5.74) is 0.0628. The van der Waals surface area contributed by atoms with Crippen molar-refractivity contribution in [2.45, 2.75) is 6.61 Å². The highest BCUT2D eigenvalue weighted by Gasteiger charge is 2.13. The van der Waals surface area contributed by atoms with Crippen LogP contribution in [-0.4, -0.2) is 12.8 Å². The molecule has 3 nitrogen and oxygen atoms in total. The number of hydrogen-bond donors (Lipinski definition) is 1. The minimum absolute atomic E-state index is 0.0628. The standard InChI is InChI=1S/C8H7F3N2O/c9-6-3-1-2-5(4-13-12)7(6)14-8(10)11/h1-4,8H,12H2. The van der Waals surface area contributed by atoms with Gasteiger partial charge in [-0.2, -0.15) is 13.9 Å². The van der Waals surface area contributed by atoms with E-state index in [9.17, 15) is 13.2 Å². The molecule has 0 aliphatic carbocycles. The Morgan fingerprint density at radius 1 is 1.43 bits per heavy atom. The van der Waals surface area contributed by atoms with Crippen molar-refractivity contribution in [3.63, 3.8) is 0 Å². The van der Waals surface area contributed by atoms with Gasteiger partial charge in [0.25, 0.3) is 0 Å². The number of nitrogens with two attached hydrogens (primary N) is 1.